The Morgan fingerprint density at radius 3 is 1.97 bits per heavy atom. The number of thiophene rings is 1. The maximum Gasteiger partial charge on any atom is 0.217 e. The van der Waals surface area contributed by atoms with Gasteiger partial charge < -0.3 is 5.09 Å². The van der Waals surface area contributed by atoms with Gasteiger partial charge >= 0.3 is 0 Å². The molecule has 0 aliphatic rings. The molecule has 4 rings (SSSR count). The molecular weight excluding hydrogens is 566 g/mol. The molecule has 2 aromatic carbocycles. The molecule has 0 saturated carbocycles. The third-order valence-electron chi connectivity index (χ3n) is 4.31. The summed E-state index contributed by atoms with van der Waals surface area (Å²) in [4.78, 5) is 5.64. The van der Waals surface area contributed by atoms with Crippen LogP contribution in [0.1, 0.15) is 11.1 Å². The number of aromatic nitrogens is 1. The molecule has 9 heteroatoms. The average Bonchev–Trinajstić information content (AvgIpc) is 3.43. The van der Waals surface area contributed by atoms with Crippen LogP contribution in [0.25, 0.3) is 20.6 Å². The van der Waals surface area contributed by atoms with Gasteiger partial charge in [0, 0.05) is 17.0 Å². The molecule has 1 atom stereocenters. The monoisotopic (exact) mass is 580 g/mol. The molecule has 1 N–H and O–H groups in total. The van der Waals surface area contributed by atoms with Crippen LogP contribution in [-0.4, -0.2) is 4.98 Å². The summed E-state index contributed by atoms with van der Waals surface area (Å²) in [6, 6.07) is 22.7. The zero-order chi connectivity index (χ0) is 22.6. The van der Waals surface area contributed by atoms with E-state index in [0.29, 0.717) is 15.2 Å². The van der Waals surface area contributed by atoms with E-state index in [1.54, 1.807) is 11.3 Å². The van der Waals surface area contributed by atoms with Crippen LogP contribution in [-0.2, 0) is 4.57 Å². The minimum atomic E-state index is -3.35. The van der Waals surface area contributed by atoms with E-state index in [1.807, 2.05) is 78.2 Å². The van der Waals surface area contributed by atoms with Crippen LogP contribution in [0.3, 0.4) is 0 Å². The lowest BCUT2D eigenvalue weighted by Crippen LogP contribution is -1.94. The van der Waals surface area contributed by atoms with E-state index in [-0.39, 0.29) is 0 Å². The molecule has 0 spiro atoms. The Labute approximate surface area is 213 Å². The molecule has 0 radical (unpaired) electrons. The second kappa shape index (κ2) is 10.5. The van der Waals surface area contributed by atoms with Crippen LogP contribution in [0.5, 0.6) is 0 Å². The zero-order valence-electron chi connectivity index (χ0n) is 16.4. The smallest absolute Gasteiger partial charge is 0.217 e. The minimum absolute atomic E-state index is 0.370. The van der Waals surface area contributed by atoms with Crippen molar-refractivity contribution < 1.29 is 4.57 Å². The number of hydrogen-bond acceptors (Lipinski definition) is 4. The highest BCUT2D eigenvalue weighted by Crippen LogP contribution is 2.54. The highest BCUT2D eigenvalue weighted by atomic mass is 79.9. The molecule has 0 bridgehead atoms. The van der Waals surface area contributed by atoms with Gasteiger partial charge in [0.05, 0.1) is 24.4 Å². The Kier molecular flexibility index (Phi) is 7.72. The molecule has 3 nitrogen and oxygen atoms in total. The lowest BCUT2D eigenvalue weighted by molar-refractivity contribution is 0.589. The standard InChI is InChI=1S/C23H16BrCl2N2OPS2/c24-22-12-11-21(32-22)20-15-31-23(27-20)28-30(29,13-18(25)16-7-3-1-4-8-16)14-19(26)17-9-5-2-6-10-17/h1-15H,(H,27,28,29)/b18-13-,19-14+. The third-order valence-corrected chi connectivity index (χ3v) is 9.67. The van der Waals surface area contributed by atoms with E-state index in [0.717, 1.165) is 25.5 Å². The van der Waals surface area contributed by atoms with Crippen LogP contribution in [0.2, 0.25) is 0 Å². The van der Waals surface area contributed by atoms with Crippen molar-refractivity contribution >= 4 is 84.3 Å². The molecule has 0 amide bonds. The Hall–Kier alpha value is -1.66. The molecule has 0 aliphatic heterocycles. The van der Waals surface area contributed by atoms with Gasteiger partial charge in [0.1, 0.15) is 0 Å². The van der Waals surface area contributed by atoms with Crippen LogP contribution in [0, 0.1) is 0 Å². The minimum Gasteiger partial charge on any atom is -0.306 e. The van der Waals surface area contributed by atoms with E-state index in [2.05, 4.69) is 26.0 Å². The van der Waals surface area contributed by atoms with Crippen molar-refractivity contribution in [1.29, 1.82) is 0 Å². The number of benzene rings is 2. The van der Waals surface area contributed by atoms with Crippen molar-refractivity contribution in [2.75, 3.05) is 5.09 Å². The van der Waals surface area contributed by atoms with Gasteiger partial charge in [-0.15, -0.1) is 22.7 Å². The zero-order valence-corrected chi connectivity index (χ0v) is 22.0. The first-order chi connectivity index (χ1) is 15.4. The quantitative estimate of drug-likeness (QED) is 0.221. The van der Waals surface area contributed by atoms with E-state index < -0.39 is 7.29 Å². The average molecular weight is 582 g/mol. The first-order valence-electron chi connectivity index (χ1n) is 9.38. The van der Waals surface area contributed by atoms with Gasteiger partial charge in [-0.3, -0.25) is 4.57 Å². The van der Waals surface area contributed by atoms with Gasteiger partial charge in [0.25, 0.3) is 0 Å². The molecule has 4 aromatic rings. The fourth-order valence-electron chi connectivity index (χ4n) is 2.82. The molecule has 1 unspecified atom stereocenters. The number of nitrogens with one attached hydrogen (secondary N) is 1. The molecule has 2 aromatic heterocycles. The number of hydrogen-bond donors (Lipinski definition) is 1. The Bertz CT molecular complexity index is 1260. The van der Waals surface area contributed by atoms with Gasteiger partial charge in [-0.2, -0.15) is 0 Å². The number of nitrogens with zero attached hydrogens (tertiary/aromatic N) is 1. The predicted octanol–water partition coefficient (Wildman–Crippen LogP) is 9.80. The van der Waals surface area contributed by atoms with Crippen LogP contribution < -0.4 is 5.09 Å². The van der Waals surface area contributed by atoms with Crippen molar-refractivity contribution in [2.24, 2.45) is 0 Å². The summed E-state index contributed by atoms with van der Waals surface area (Å²) >= 11 is 19.5. The SMILES string of the molecule is O=P(/C=C(\Cl)c1ccccc1)(/C=C(/Cl)c1ccccc1)Nc1nc(-c2ccc(Br)s2)cs1. The van der Waals surface area contributed by atoms with Crippen molar-refractivity contribution in [3.05, 3.63) is 105 Å². The van der Waals surface area contributed by atoms with Crippen molar-refractivity contribution in [2.45, 2.75) is 0 Å². The maximum absolute atomic E-state index is 14.0. The Balaban J connectivity index is 1.71. The van der Waals surface area contributed by atoms with E-state index in [1.165, 1.54) is 23.0 Å². The van der Waals surface area contributed by atoms with Gasteiger partial charge in [0.15, 0.2) is 5.13 Å². The largest absolute Gasteiger partial charge is 0.306 e. The number of thiazole rings is 1. The van der Waals surface area contributed by atoms with Crippen molar-refractivity contribution in [3.8, 4) is 10.6 Å². The van der Waals surface area contributed by atoms with Crippen LogP contribution in [0.4, 0.5) is 5.13 Å². The van der Waals surface area contributed by atoms with Gasteiger partial charge in [-0.25, -0.2) is 4.98 Å². The van der Waals surface area contributed by atoms with E-state index in [9.17, 15) is 4.57 Å². The Morgan fingerprint density at radius 1 is 0.906 bits per heavy atom. The number of rotatable bonds is 7. The van der Waals surface area contributed by atoms with Crippen LogP contribution in [0.15, 0.2) is 93.6 Å². The first kappa shape index (κ1) is 23.5. The molecule has 0 fully saturated rings. The summed E-state index contributed by atoms with van der Waals surface area (Å²) in [6.45, 7) is 0. The number of anilines is 1. The van der Waals surface area contributed by atoms with E-state index in [4.69, 9.17) is 23.2 Å². The van der Waals surface area contributed by atoms with Crippen LogP contribution >= 0.6 is 69.1 Å². The topological polar surface area (TPSA) is 42.0 Å². The first-order valence-corrected chi connectivity index (χ1v) is 14.5. The predicted molar refractivity (Wildman–Crippen MR) is 145 cm³/mol. The van der Waals surface area contributed by atoms with Gasteiger partial charge in [-0.05, 0) is 39.2 Å². The third kappa shape index (κ3) is 6.02. The molecule has 162 valence electrons. The summed E-state index contributed by atoms with van der Waals surface area (Å²) in [5, 5.41) is 6.28. The Morgan fingerprint density at radius 2 is 1.47 bits per heavy atom. The molecule has 0 aliphatic carbocycles. The summed E-state index contributed by atoms with van der Waals surface area (Å²) < 4.78 is 15.1. The van der Waals surface area contributed by atoms with Gasteiger partial charge in [0.2, 0.25) is 7.29 Å². The highest BCUT2D eigenvalue weighted by Gasteiger charge is 2.21. The highest BCUT2D eigenvalue weighted by molar-refractivity contribution is 9.11. The fourth-order valence-corrected chi connectivity index (χ4v) is 8.08. The summed E-state index contributed by atoms with van der Waals surface area (Å²) in [7, 11) is -3.35. The molecule has 2 heterocycles. The lowest BCUT2D eigenvalue weighted by atomic mass is 10.2. The number of halogens is 3. The molecular formula is C23H16BrCl2N2OPS2. The fraction of sp³-hybridized carbons (Fsp3) is 0. The van der Waals surface area contributed by atoms with Crippen molar-refractivity contribution in [3.63, 3.8) is 0 Å². The summed E-state index contributed by atoms with van der Waals surface area (Å²) in [6.07, 6.45) is 0. The van der Waals surface area contributed by atoms with E-state index >= 15 is 0 Å². The van der Waals surface area contributed by atoms with Crippen molar-refractivity contribution in [1.82, 2.24) is 4.98 Å². The molecule has 0 saturated heterocycles. The normalized spacial score (nSPS) is 14.2. The lowest BCUT2D eigenvalue weighted by Gasteiger charge is -2.13. The second-order valence-corrected chi connectivity index (χ2v) is 12.9. The maximum atomic E-state index is 14.0. The molecule has 32 heavy (non-hydrogen) atoms. The van der Waals surface area contributed by atoms with Gasteiger partial charge in [-0.1, -0.05) is 83.9 Å². The summed E-state index contributed by atoms with van der Waals surface area (Å²) in [5.74, 6) is 3.05. The summed E-state index contributed by atoms with van der Waals surface area (Å²) in [5.41, 5.74) is 2.35. The second-order valence-electron chi connectivity index (χ2n) is 6.65.